The highest BCUT2D eigenvalue weighted by molar-refractivity contribution is 7.91. The second-order valence-corrected chi connectivity index (χ2v) is 10.6. The molecule has 2 aliphatic heterocycles. The molecule has 0 saturated carbocycles. The predicted molar refractivity (Wildman–Crippen MR) is 101 cm³/mol. The summed E-state index contributed by atoms with van der Waals surface area (Å²) in [5, 5.41) is 1.84. The second-order valence-electron chi connectivity index (χ2n) is 7.35. The van der Waals surface area contributed by atoms with Crippen LogP contribution in [0.15, 0.2) is 17.5 Å². The summed E-state index contributed by atoms with van der Waals surface area (Å²) in [5.41, 5.74) is 0. The molecule has 148 valence electrons. The average Bonchev–Trinajstić information content (AvgIpc) is 3.27. The van der Waals surface area contributed by atoms with Crippen LogP contribution in [0, 0.1) is 5.92 Å². The van der Waals surface area contributed by atoms with E-state index in [1.165, 1.54) is 11.3 Å². The van der Waals surface area contributed by atoms with Gasteiger partial charge in [0.2, 0.25) is 0 Å². The molecule has 1 atom stereocenters. The lowest BCUT2D eigenvalue weighted by Crippen LogP contribution is -2.48. The Balaban J connectivity index is 1.75. The number of amides is 4. The first-order valence-corrected chi connectivity index (χ1v) is 11.5. The number of carbonyl (C=O) groups excluding carboxylic acids is 3. The molecule has 3 heterocycles. The van der Waals surface area contributed by atoms with E-state index in [2.05, 4.69) is 0 Å². The van der Waals surface area contributed by atoms with Crippen molar-refractivity contribution in [3.8, 4) is 0 Å². The number of carbonyl (C=O) groups is 3. The molecular weight excluding hydrogens is 390 g/mol. The number of nitrogens with zero attached hydrogens (tertiary/aromatic N) is 3. The molecule has 0 N–H and O–H groups in total. The SMILES string of the molecule is CC(C)CN(CN1C(=O)C(=O)N(Cc2cccs2)C1=O)[C@@H]1CCS(=O)(=O)C1. The van der Waals surface area contributed by atoms with Crippen molar-refractivity contribution in [2.45, 2.75) is 32.9 Å². The lowest BCUT2D eigenvalue weighted by Gasteiger charge is -2.32. The van der Waals surface area contributed by atoms with Crippen LogP contribution in [-0.4, -0.2) is 71.7 Å². The maximum absolute atomic E-state index is 12.7. The summed E-state index contributed by atoms with van der Waals surface area (Å²) in [4.78, 5) is 41.9. The Morgan fingerprint density at radius 2 is 1.93 bits per heavy atom. The fraction of sp³-hybridized carbons (Fsp3) is 0.588. The zero-order valence-corrected chi connectivity index (χ0v) is 17.0. The third-order valence-electron chi connectivity index (χ3n) is 4.68. The average molecular weight is 414 g/mol. The van der Waals surface area contributed by atoms with Crippen molar-refractivity contribution in [2.24, 2.45) is 5.92 Å². The van der Waals surface area contributed by atoms with Crippen LogP contribution in [0.25, 0.3) is 0 Å². The van der Waals surface area contributed by atoms with Gasteiger partial charge in [-0.3, -0.25) is 19.4 Å². The summed E-state index contributed by atoms with van der Waals surface area (Å²) in [7, 11) is -3.10. The molecule has 4 amide bonds. The van der Waals surface area contributed by atoms with E-state index in [9.17, 15) is 22.8 Å². The van der Waals surface area contributed by atoms with Gasteiger partial charge in [0, 0.05) is 17.5 Å². The third kappa shape index (κ3) is 4.39. The molecule has 3 rings (SSSR count). The zero-order chi connectivity index (χ0) is 19.8. The third-order valence-corrected chi connectivity index (χ3v) is 7.29. The molecule has 1 aromatic heterocycles. The molecule has 0 spiro atoms. The maximum Gasteiger partial charge on any atom is 0.335 e. The zero-order valence-electron chi connectivity index (χ0n) is 15.3. The van der Waals surface area contributed by atoms with Crippen molar-refractivity contribution in [1.29, 1.82) is 0 Å². The highest BCUT2D eigenvalue weighted by atomic mass is 32.2. The van der Waals surface area contributed by atoms with Gasteiger partial charge >= 0.3 is 17.8 Å². The van der Waals surface area contributed by atoms with Crippen molar-refractivity contribution in [3.63, 3.8) is 0 Å². The minimum atomic E-state index is -3.10. The largest absolute Gasteiger partial charge is 0.335 e. The Hall–Kier alpha value is -1.78. The first-order chi connectivity index (χ1) is 12.7. The minimum Gasteiger partial charge on any atom is -0.281 e. The Bertz CT molecular complexity index is 835. The first-order valence-electron chi connectivity index (χ1n) is 8.82. The van der Waals surface area contributed by atoms with Crippen LogP contribution in [0.1, 0.15) is 25.1 Å². The van der Waals surface area contributed by atoms with E-state index in [1.54, 1.807) is 6.07 Å². The van der Waals surface area contributed by atoms with Crippen LogP contribution >= 0.6 is 11.3 Å². The van der Waals surface area contributed by atoms with Crippen molar-refractivity contribution >= 4 is 39.0 Å². The monoisotopic (exact) mass is 413 g/mol. The second kappa shape index (κ2) is 7.69. The summed E-state index contributed by atoms with van der Waals surface area (Å²) in [6.45, 7) is 4.51. The fourth-order valence-electron chi connectivity index (χ4n) is 3.41. The van der Waals surface area contributed by atoms with E-state index in [4.69, 9.17) is 0 Å². The highest BCUT2D eigenvalue weighted by Gasteiger charge is 2.46. The molecule has 2 aliphatic rings. The summed E-state index contributed by atoms with van der Waals surface area (Å²) in [6, 6.07) is 2.72. The lowest BCUT2D eigenvalue weighted by atomic mass is 10.1. The highest BCUT2D eigenvalue weighted by Crippen LogP contribution is 2.23. The van der Waals surface area contributed by atoms with Crippen LogP contribution in [0.3, 0.4) is 0 Å². The van der Waals surface area contributed by atoms with Gasteiger partial charge in [0.1, 0.15) is 0 Å². The molecular formula is C17H23N3O5S2. The van der Waals surface area contributed by atoms with E-state index < -0.39 is 27.7 Å². The van der Waals surface area contributed by atoms with Gasteiger partial charge in [0.25, 0.3) is 0 Å². The molecule has 27 heavy (non-hydrogen) atoms. The van der Waals surface area contributed by atoms with E-state index in [-0.39, 0.29) is 36.7 Å². The molecule has 0 bridgehead atoms. The molecule has 0 aromatic carbocycles. The van der Waals surface area contributed by atoms with Crippen molar-refractivity contribution in [3.05, 3.63) is 22.4 Å². The molecule has 0 unspecified atom stereocenters. The molecule has 2 fully saturated rings. The minimum absolute atomic E-state index is 0.0167. The Morgan fingerprint density at radius 1 is 1.22 bits per heavy atom. The van der Waals surface area contributed by atoms with Gasteiger partial charge in [0.15, 0.2) is 9.84 Å². The summed E-state index contributed by atoms with van der Waals surface area (Å²) >= 11 is 1.41. The van der Waals surface area contributed by atoms with Crippen molar-refractivity contribution < 1.29 is 22.8 Å². The molecule has 10 heteroatoms. The molecule has 1 aromatic rings. The normalized spacial score (nSPS) is 22.7. The van der Waals surface area contributed by atoms with E-state index in [0.717, 1.165) is 14.7 Å². The van der Waals surface area contributed by atoms with Crippen LogP contribution in [0.2, 0.25) is 0 Å². The summed E-state index contributed by atoms with van der Waals surface area (Å²) in [6.07, 6.45) is 0.470. The number of sulfone groups is 1. The Kier molecular flexibility index (Phi) is 5.68. The lowest BCUT2D eigenvalue weighted by molar-refractivity contribution is -0.144. The predicted octanol–water partition coefficient (Wildman–Crippen LogP) is 1.14. The molecule has 0 aliphatic carbocycles. The first kappa shape index (κ1) is 20.0. The van der Waals surface area contributed by atoms with Gasteiger partial charge in [-0.25, -0.2) is 18.1 Å². The van der Waals surface area contributed by atoms with Crippen LogP contribution in [0.5, 0.6) is 0 Å². The van der Waals surface area contributed by atoms with E-state index >= 15 is 0 Å². The molecule has 8 nitrogen and oxygen atoms in total. The topological polar surface area (TPSA) is 95.1 Å². The Labute approximate surface area is 162 Å². The van der Waals surface area contributed by atoms with E-state index in [1.807, 2.05) is 30.2 Å². The van der Waals surface area contributed by atoms with Gasteiger partial charge in [-0.15, -0.1) is 11.3 Å². The summed E-state index contributed by atoms with van der Waals surface area (Å²) in [5.74, 6) is -1.34. The molecule has 0 radical (unpaired) electrons. The van der Waals surface area contributed by atoms with E-state index in [0.29, 0.717) is 13.0 Å². The van der Waals surface area contributed by atoms with Crippen molar-refractivity contribution in [1.82, 2.24) is 14.7 Å². The molecule has 2 saturated heterocycles. The van der Waals surface area contributed by atoms with Gasteiger partial charge in [-0.05, 0) is 23.8 Å². The Morgan fingerprint density at radius 3 is 2.48 bits per heavy atom. The standard InChI is InChI=1S/C17H23N3O5S2/c1-12(2)8-18(13-5-7-27(24,25)10-13)11-20-16(22)15(21)19(17(20)23)9-14-4-3-6-26-14/h3-4,6,12-13H,5,7-11H2,1-2H3/t13-/m1/s1. The number of rotatable bonds is 7. The number of imide groups is 2. The quantitative estimate of drug-likeness (QED) is 0.491. The number of thiophene rings is 1. The van der Waals surface area contributed by atoms with Crippen molar-refractivity contribution in [2.75, 3.05) is 24.7 Å². The van der Waals surface area contributed by atoms with Gasteiger partial charge < -0.3 is 0 Å². The number of urea groups is 1. The van der Waals surface area contributed by atoms with Gasteiger partial charge in [0.05, 0.1) is 24.7 Å². The van der Waals surface area contributed by atoms with Crippen LogP contribution in [0.4, 0.5) is 4.79 Å². The van der Waals surface area contributed by atoms with Gasteiger partial charge in [-0.1, -0.05) is 19.9 Å². The maximum atomic E-state index is 12.7. The van der Waals surface area contributed by atoms with Gasteiger partial charge in [-0.2, -0.15) is 0 Å². The number of hydrogen-bond donors (Lipinski definition) is 0. The fourth-order valence-corrected chi connectivity index (χ4v) is 5.86. The van der Waals surface area contributed by atoms with Crippen LogP contribution < -0.4 is 0 Å². The smallest absolute Gasteiger partial charge is 0.281 e. The number of hydrogen-bond acceptors (Lipinski definition) is 7. The summed E-state index contributed by atoms with van der Waals surface area (Å²) < 4.78 is 23.7. The van der Waals surface area contributed by atoms with Crippen LogP contribution in [-0.2, 0) is 26.0 Å².